The predicted molar refractivity (Wildman–Crippen MR) is 159 cm³/mol. The van der Waals surface area contributed by atoms with E-state index < -0.39 is 34.4 Å². The zero-order valence-corrected chi connectivity index (χ0v) is 25.3. The summed E-state index contributed by atoms with van der Waals surface area (Å²) in [4.78, 5) is 28.1. The van der Waals surface area contributed by atoms with E-state index in [1.165, 1.54) is 60.5 Å². The first-order valence-electron chi connectivity index (χ1n) is 12.4. The Morgan fingerprint density at radius 1 is 0.950 bits per heavy atom. The van der Waals surface area contributed by atoms with E-state index >= 15 is 0 Å². The predicted octanol–water partition coefficient (Wildman–Crippen LogP) is 5.79. The molecule has 1 N–H and O–H groups in total. The number of nitrogens with zero attached hydrogens (tertiary/aromatic N) is 2. The Kier molecular flexibility index (Phi) is 11.1. The van der Waals surface area contributed by atoms with Gasteiger partial charge in [-0.3, -0.25) is 13.9 Å². The van der Waals surface area contributed by atoms with Gasteiger partial charge in [0.1, 0.15) is 18.3 Å². The molecule has 2 amide bonds. The second kappa shape index (κ2) is 14.1. The van der Waals surface area contributed by atoms with Gasteiger partial charge in [0.2, 0.25) is 11.8 Å². The van der Waals surface area contributed by atoms with Crippen molar-refractivity contribution in [3.8, 4) is 5.75 Å². The van der Waals surface area contributed by atoms with Crippen molar-refractivity contribution in [3.63, 3.8) is 0 Å². The number of ether oxygens (including phenoxy) is 1. The zero-order valence-electron chi connectivity index (χ0n) is 22.2. The minimum Gasteiger partial charge on any atom is -0.497 e. The summed E-state index contributed by atoms with van der Waals surface area (Å²) in [6.45, 7) is 3.17. The van der Waals surface area contributed by atoms with Crippen LogP contribution >= 0.6 is 34.8 Å². The van der Waals surface area contributed by atoms with Crippen molar-refractivity contribution in [1.29, 1.82) is 0 Å². The number of hydrogen-bond donors (Lipinski definition) is 1. The summed E-state index contributed by atoms with van der Waals surface area (Å²) in [5, 5.41) is 3.80. The van der Waals surface area contributed by atoms with Crippen LogP contribution in [0.15, 0.2) is 71.6 Å². The van der Waals surface area contributed by atoms with Gasteiger partial charge in [-0.1, -0.05) is 47.8 Å². The Hall–Kier alpha value is -2.98. The number of amides is 2. The van der Waals surface area contributed by atoms with Gasteiger partial charge in [0.25, 0.3) is 10.0 Å². The van der Waals surface area contributed by atoms with Gasteiger partial charge < -0.3 is 15.0 Å². The molecule has 12 heteroatoms. The number of methoxy groups -OCH3 is 1. The van der Waals surface area contributed by atoms with Crippen molar-refractivity contribution in [2.45, 2.75) is 37.8 Å². The van der Waals surface area contributed by atoms with Gasteiger partial charge >= 0.3 is 0 Å². The monoisotopic (exact) mass is 625 g/mol. The number of anilines is 1. The number of benzene rings is 3. The molecule has 0 saturated heterocycles. The lowest BCUT2D eigenvalue weighted by Crippen LogP contribution is -2.51. The first-order chi connectivity index (χ1) is 19.0. The van der Waals surface area contributed by atoms with Gasteiger partial charge in [-0.25, -0.2) is 8.42 Å². The SMILES string of the molecule is CCCNC(=O)[C@H](C)N(Cc1c(Cl)cccc1Cl)C(=O)CN(c1ccc(Cl)cc1)S(=O)(=O)c1ccc(OC)cc1. The number of nitrogens with one attached hydrogen (secondary N) is 1. The summed E-state index contributed by atoms with van der Waals surface area (Å²) in [7, 11) is -2.76. The van der Waals surface area contributed by atoms with Crippen LogP contribution in [0, 0.1) is 0 Å². The van der Waals surface area contributed by atoms with Crippen LogP contribution in [0.5, 0.6) is 5.75 Å². The molecule has 3 aromatic rings. The van der Waals surface area contributed by atoms with E-state index in [4.69, 9.17) is 39.5 Å². The Morgan fingerprint density at radius 3 is 2.10 bits per heavy atom. The largest absolute Gasteiger partial charge is 0.497 e. The van der Waals surface area contributed by atoms with Crippen molar-refractivity contribution >= 4 is 62.3 Å². The molecule has 0 aliphatic rings. The molecule has 3 rings (SSSR count). The number of hydrogen-bond acceptors (Lipinski definition) is 5. The molecular formula is C28H30Cl3N3O5S. The molecule has 0 aromatic heterocycles. The molecule has 40 heavy (non-hydrogen) atoms. The third-order valence-corrected chi connectivity index (χ3v) is 8.90. The van der Waals surface area contributed by atoms with Crippen LogP contribution in [0.3, 0.4) is 0 Å². The van der Waals surface area contributed by atoms with E-state index in [-0.39, 0.29) is 17.1 Å². The van der Waals surface area contributed by atoms with Crippen molar-refractivity contribution in [3.05, 3.63) is 87.4 Å². The first kappa shape index (κ1) is 31.5. The van der Waals surface area contributed by atoms with Crippen molar-refractivity contribution in [2.24, 2.45) is 0 Å². The highest BCUT2D eigenvalue weighted by molar-refractivity contribution is 7.92. The van der Waals surface area contributed by atoms with Crippen LogP contribution in [0.2, 0.25) is 15.1 Å². The minimum absolute atomic E-state index is 0.0505. The van der Waals surface area contributed by atoms with Gasteiger partial charge in [-0.05, 0) is 74.0 Å². The molecule has 0 bridgehead atoms. The van der Waals surface area contributed by atoms with Gasteiger partial charge in [0.15, 0.2) is 0 Å². The van der Waals surface area contributed by atoms with Crippen LogP contribution in [-0.2, 0) is 26.2 Å². The van der Waals surface area contributed by atoms with Crippen LogP contribution in [-0.4, -0.2) is 51.4 Å². The second-order valence-corrected chi connectivity index (χ2v) is 12.0. The molecule has 0 saturated carbocycles. The second-order valence-electron chi connectivity index (χ2n) is 8.85. The molecule has 8 nitrogen and oxygen atoms in total. The average molecular weight is 627 g/mol. The molecule has 0 aliphatic carbocycles. The molecule has 1 atom stereocenters. The van der Waals surface area contributed by atoms with Crippen molar-refractivity contribution in [2.75, 3.05) is 24.5 Å². The molecule has 3 aromatic carbocycles. The number of sulfonamides is 1. The molecular weight excluding hydrogens is 597 g/mol. The Bertz CT molecular complexity index is 1410. The maximum Gasteiger partial charge on any atom is 0.264 e. The summed E-state index contributed by atoms with van der Waals surface area (Å²) >= 11 is 18.8. The van der Waals surface area contributed by atoms with Gasteiger partial charge in [-0.2, -0.15) is 0 Å². The Balaban J connectivity index is 2.05. The third kappa shape index (κ3) is 7.60. The van der Waals surface area contributed by atoms with Crippen LogP contribution in [0.4, 0.5) is 5.69 Å². The van der Waals surface area contributed by atoms with E-state index in [9.17, 15) is 18.0 Å². The van der Waals surface area contributed by atoms with E-state index in [1.54, 1.807) is 25.1 Å². The van der Waals surface area contributed by atoms with E-state index in [1.807, 2.05) is 6.92 Å². The standard InChI is InChI=1S/C28H30Cl3N3O5S/c1-4-16-32-28(36)19(2)33(17-24-25(30)6-5-7-26(24)31)27(35)18-34(21-10-8-20(29)9-11-21)40(37,38)23-14-12-22(39-3)13-15-23/h5-15,19H,4,16-18H2,1-3H3,(H,32,36)/t19-/m0/s1. The molecule has 0 fully saturated rings. The van der Waals surface area contributed by atoms with Gasteiger partial charge in [0, 0.05) is 33.7 Å². The van der Waals surface area contributed by atoms with Crippen LogP contribution in [0.25, 0.3) is 0 Å². The lowest BCUT2D eigenvalue weighted by atomic mass is 10.1. The zero-order chi connectivity index (χ0) is 29.4. The van der Waals surface area contributed by atoms with Crippen LogP contribution in [0.1, 0.15) is 25.8 Å². The Morgan fingerprint density at radius 2 is 1.55 bits per heavy atom. The number of carbonyl (C=O) groups excluding carboxylic acids is 2. The molecule has 214 valence electrons. The lowest BCUT2D eigenvalue weighted by molar-refractivity contribution is -0.139. The van der Waals surface area contributed by atoms with E-state index in [0.29, 0.717) is 39.3 Å². The molecule has 0 aliphatic heterocycles. The highest BCUT2D eigenvalue weighted by Crippen LogP contribution is 2.29. The molecule has 0 spiro atoms. The smallest absolute Gasteiger partial charge is 0.264 e. The van der Waals surface area contributed by atoms with Gasteiger partial charge in [0.05, 0.1) is 17.7 Å². The van der Waals surface area contributed by atoms with Gasteiger partial charge in [-0.15, -0.1) is 0 Å². The van der Waals surface area contributed by atoms with Crippen molar-refractivity contribution in [1.82, 2.24) is 10.2 Å². The summed E-state index contributed by atoms with van der Waals surface area (Å²) in [6, 6.07) is 15.8. The Labute approximate surface area is 249 Å². The fourth-order valence-corrected chi connectivity index (χ4v) is 5.90. The normalized spacial score (nSPS) is 11.9. The lowest BCUT2D eigenvalue weighted by Gasteiger charge is -2.32. The maximum absolute atomic E-state index is 13.9. The number of halogens is 3. The number of rotatable bonds is 12. The molecule has 0 radical (unpaired) electrons. The summed E-state index contributed by atoms with van der Waals surface area (Å²) in [6.07, 6.45) is 0.702. The summed E-state index contributed by atoms with van der Waals surface area (Å²) in [5.74, 6) is -0.556. The maximum atomic E-state index is 13.9. The molecule has 0 heterocycles. The van der Waals surface area contributed by atoms with Crippen LogP contribution < -0.4 is 14.4 Å². The average Bonchev–Trinajstić information content (AvgIpc) is 2.94. The fourth-order valence-electron chi connectivity index (χ4n) is 3.84. The fraction of sp³-hybridized carbons (Fsp3) is 0.286. The summed E-state index contributed by atoms with van der Waals surface area (Å²) in [5.41, 5.74) is 0.651. The quantitative estimate of drug-likeness (QED) is 0.274. The minimum atomic E-state index is -4.24. The topological polar surface area (TPSA) is 96.0 Å². The highest BCUT2D eigenvalue weighted by atomic mass is 35.5. The van der Waals surface area contributed by atoms with Crippen molar-refractivity contribution < 1.29 is 22.7 Å². The third-order valence-electron chi connectivity index (χ3n) is 6.15. The highest BCUT2D eigenvalue weighted by Gasteiger charge is 2.33. The van der Waals surface area contributed by atoms with E-state index in [0.717, 1.165) is 4.31 Å². The first-order valence-corrected chi connectivity index (χ1v) is 15.0. The molecule has 0 unspecified atom stereocenters. The summed E-state index contributed by atoms with van der Waals surface area (Å²) < 4.78 is 33.8. The number of carbonyl (C=O) groups is 2. The van der Waals surface area contributed by atoms with E-state index in [2.05, 4.69) is 5.32 Å².